The van der Waals surface area contributed by atoms with Crippen LogP contribution >= 0.6 is 0 Å². The van der Waals surface area contributed by atoms with E-state index in [1.54, 1.807) is 0 Å². The van der Waals surface area contributed by atoms with Crippen LogP contribution in [0.3, 0.4) is 0 Å². The Bertz CT molecular complexity index is 2680. The first-order chi connectivity index (χ1) is 26.3. The van der Waals surface area contributed by atoms with E-state index in [4.69, 9.17) is 9.72 Å². The molecule has 0 fully saturated rings. The average Bonchev–Trinajstić information content (AvgIpc) is 3.82. The topological polar surface area (TPSA) is 33.5 Å². The third kappa shape index (κ3) is 6.97. The van der Waals surface area contributed by atoms with Gasteiger partial charge in [-0.2, -0.15) is 12.1 Å². The molecule has 6 heteroatoms. The predicted octanol–water partition coefficient (Wildman–Crippen LogP) is 12.4. The molecule has 0 spiro atoms. The van der Waals surface area contributed by atoms with Crippen LogP contribution in [0.1, 0.15) is 31.9 Å². The SMILES string of the molecule is Cc1c(-c2ccccc2)cc(-c2ccccc2)cc1N1C=CN(c2[c-]c(Oc3[c-]c4c(cc3)c3ccccc3n4-c3cc(C(C)(C)C)ccn3)ccc2)[CH-]1.[Pt]. The van der Waals surface area contributed by atoms with E-state index in [-0.39, 0.29) is 26.5 Å². The van der Waals surface area contributed by atoms with Crippen molar-refractivity contribution in [2.45, 2.75) is 33.1 Å². The number of hydrogen-bond acceptors (Lipinski definition) is 4. The molecule has 0 radical (unpaired) electrons. The molecule has 1 aliphatic rings. The monoisotopic (exact) mass is 894 g/mol. The molecule has 9 rings (SSSR count). The Labute approximate surface area is 337 Å². The number of ether oxygens (including phenoxy) is 1. The molecule has 0 saturated carbocycles. The fraction of sp³-hybridized carbons (Fsp3) is 0.102. The van der Waals surface area contributed by atoms with Crippen molar-refractivity contribution in [1.82, 2.24) is 9.55 Å². The van der Waals surface area contributed by atoms with Gasteiger partial charge in [0.25, 0.3) is 0 Å². The number of anilines is 2. The summed E-state index contributed by atoms with van der Waals surface area (Å²) in [6.07, 6.45) is 6.05. The van der Waals surface area contributed by atoms with Crippen LogP contribution in [0, 0.1) is 25.7 Å². The summed E-state index contributed by atoms with van der Waals surface area (Å²) in [5.41, 5.74) is 11.1. The van der Waals surface area contributed by atoms with Gasteiger partial charge in [-0.25, -0.2) is 4.98 Å². The molecule has 8 aromatic rings. The van der Waals surface area contributed by atoms with Gasteiger partial charge in [0.2, 0.25) is 0 Å². The van der Waals surface area contributed by atoms with E-state index in [1.807, 2.05) is 30.5 Å². The van der Waals surface area contributed by atoms with Crippen LogP contribution in [-0.2, 0) is 26.5 Å². The van der Waals surface area contributed by atoms with E-state index >= 15 is 0 Å². The minimum atomic E-state index is -0.00952. The zero-order chi connectivity index (χ0) is 36.8. The summed E-state index contributed by atoms with van der Waals surface area (Å²) in [6.45, 7) is 11.0. The molecule has 5 nitrogen and oxygen atoms in total. The van der Waals surface area contributed by atoms with Gasteiger partial charge in [-0.05, 0) is 93.8 Å². The molecule has 0 unspecified atom stereocenters. The van der Waals surface area contributed by atoms with Crippen LogP contribution in [0.5, 0.6) is 11.5 Å². The first kappa shape index (κ1) is 36.1. The number of fused-ring (bicyclic) bond motifs is 3. The maximum atomic E-state index is 6.49. The minimum Gasteiger partial charge on any atom is -0.509 e. The maximum absolute atomic E-state index is 6.49. The first-order valence-electron chi connectivity index (χ1n) is 18.3. The van der Waals surface area contributed by atoms with E-state index in [0.717, 1.165) is 39.0 Å². The Kier molecular flexibility index (Phi) is 9.67. The predicted molar refractivity (Wildman–Crippen MR) is 222 cm³/mol. The zero-order valence-electron chi connectivity index (χ0n) is 31.1. The average molecular weight is 895 g/mol. The van der Waals surface area contributed by atoms with Gasteiger partial charge < -0.3 is 19.1 Å². The van der Waals surface area contributed by atoms with Crippen LogP contribution in [-0.4, -0.2) is 9.55 Å². The van der Waals surface area contributed by atoms with Crippen molar-refractivity contribution >= 4 is 33.2 Å². The van der Waals surface area contributed by atoms with Crippen molar-refractivity contribution < 1.29 is 25.8 Å². The van der Waals surface area contributed by atoms with E-state index in [0.29, 0.717) is 11.5 Å². The van der Waals surface area contributed by atoms with Gasteiger partial charge in [-0.3, -0.25) is 0 Å². The number of benzene rings is 6. The van der Waals surface area contributed by atoms with E-state index in [1.165, 1.54) is 33.4 Å². The Morgan fingerprint density at radius 1 is 0.636 bits per heavy atom. The number of aromatic nitrogens is 2. The Hall–Kier alpha value is -5.90. The summed E-state index contributed by atoms with van der Waals surface area (Å²) in [5, 5.41) is 2.24. The Morgan fingerprint density at radius 2 is 1.35 bits per heavy atom. The third-order valence-electron chi connectivity index (χ3n) is 10.1. The summed E-state index contributed by atoms with van der Waals surface area (Å²) >= 11 is 0. The van der Waals surface area contributed by atoms with Crippen molar-refractivity contribution in [2.75, 3.05) is 9.80 Å². The van der Waals surface area contributed by atoms with Gasteiger partial charge in [0.15, 0.2) is 0 Å². The quantitative estimate of drug-likeness (QED) is 0.149. The van der Waals surface area contributed by atoms with E-state index in [2.05, 4.69) is 189 Å². The number of rotatable bonds is 7. The first-order valence-corrected chi connectivity index (χ1v) is 18.3. The molecular weight excluding hydrogens is 856 g/mol. The summed E-state index contributed by atoms with van der Waals surface area (Å²) in [4.78, 5) is 9.07. The molecule has 1 aliphatic heterocycles. The molecular formula is C49H39N4OPt-3. The molecule has 274 valence electrons. The van der Waals surface area contributed by atoms with Crippen molar-refractivity contribution in [1.29, 1.82) is 0 Å². The second-order valence-corrected chi connectivity index (χ2v) is 14.7. The number of hydrogen-bond donors (Lipinski definition) is 0. The standard InChI is InChI=1S/C49H39N4O.Pt/c1-34-44(36-16-9-6-10-17-36)28-37(35-14-7-5-8-15-35)29-46(34)52-27-26-51(33-52)39-18-13-19-40(31-39)54-41-22-23-43-42-20-11-12-21-45(42)53(47(43)32-41)48-30-38(24-25-50-48)49(2,3)4;/h5-30,33H,1-4H3;/q-3;. The molecule has 0 bridgehead atoms. The van der Waals surface area contributed by atoms with Crippen LogP contribution in [0.2, 0.25) is 0 Å². The van der Waals surface area contributed by atoms with Crippen LogP contribution in [0.4, 0.5) is 11.4 Å². The fourth-order valence-corrected chi connectivity index (χ4v) is 7.27. The molecule has 0 atom stereocenters. The molecule has 55 heavy (non-hydrogen) atoms. The van der Waals surface area contributed by atoms with Crippen molar-refractivity contribution in [3.63, 3.8) is 0 Å². The molecule has 0 saturated heterocycles. The fourth-order valence-electron chi connectivity index (χ4n) is 7.27. The van der Waals surface area contributed by atoms with Crippen LogP contribution < -0.4 is 14.5 Å². The van der Waals surface area contributed by atoms with E-state index in [9.17, 15) is 0 Å². The molecule has 6 aromatic carbocycles. The number of nitrogens with zero attached hydrogens (tertiary/aromatic N) is 4. The summed E-state index contributed by atoms with van der Waals surface area (Å²) in [6, 6.07) is 55.6. The van der Waals surface area contributed by atoms with Crippen molar-refractivity contribution in [3.8, 4) is 39.6 Å². The smallest absolute Gasteiger partial charge is 0.135 e. The van der Waals surface area contributed by atoms with Crippen LogP contribution in [0.25, 0.3) is 49.9 Å². The zero-order valence-corrected chi connectivity index (χ0v) is 33.4. The molecule has 0 amide bonds. The van der Waals surface area contributed by atoms with Crippen molar-refractivity contribution in [2.24, 2.45) is 0 Å². The number of pyridine rings is 1. The summed E-state index contributed by atoms with van der Waals surface area (Å²) in [5.74, 6) is 2.07. The molecule has 0 N–H and O–H groups in total. The molecule has 2 aromatic heterocycles. The summed E-state index contributed by atoms with van der Waals surface area (Å²) in [7, 11) is 0. The van der Waals surface area contributed by atoms with Crippen molar-refractivity contribution in [3.05, 3.63) is 188 Å². The van der Waals surface area contributed by atoms with E-state index < -0.39 is 0 Å². The Balaban J connectivity index is 0.00000427. The van der Waals surface area contributed by atoms with Gasteiger partial charge in [-0.1, -0.05) is 105 Å². The second kappa shape index (κ2) is 14.7. The number of para-hydroxylation sites is 1. The van der Waals surface area contributed by atoms with Gasteiger partial charge in [0.1, 0.15) is 5.82 Å². The van der Waals surface area contributed by atoms with Gasteiger partial charge in [-0.15, -0.1) is 48.1 Å². The largest absolute Gasteiger partial charge is 0.509 e. The minimum absolute atomic E-state index is 0. The van der Waals surface area contributed by atoms with Gasteiger partial charge in [0.05, 0.1) is 0 Å². The maximum Gasteiger partial charge on any atom is 0.135 e. The van der Waals surface area contributed by atoms with Gasteiger partial charge >= 0.3 is 0 Å². The summed E-state index contributed by atoms with van der Waals surface area (Å²) < 4.78 is 8.67. The second-order valence-electron chi connectivity index (χ2n) is 14.7. The normalized spacial score (nSPS) is 12.7. The van der Waals surface area contributed by atoms with Gasteiger partial charge in [0, 0.05) is 50.0 Å². The Morgan fingerprint density at radius 3 is 2.13 bits per heavy atom. The molecule has 0 aliphatic carbocycles. The molecule has 3 heterocycles. The van der Waals surface area contributed by atoms with Crippen LogP contribution in [0.15, 0.2) is 158 Å². The third-order valence-corrected chi connectivity index (χ3v) is 10.1.